The van der Waals surface area contributed by atoms with E-state index in [-0.39, 0.29) is 11.9 Å². The van der Waals surface area contributed by atoms with Crippen LogP contribution in [0.1, 0.15) is 100 Å². The zero-order valence-corrected chi connectivity index (χ0v) is 26.0. The van der Waals surface area contributed by atoms with Crippen molar-refractivity contribution in [1.82, 2.24) is 0 Å². The van der Waals surface area contributed by atoms with Crippen LogP contribution in [-0.4, -0.2) is 38.4 Å². The Morgan fingerprint density at radius 1 is 0.974 bits per heavy atom. The van der Waals surface area contributed by atoms with Crippen molar-refractivity contribution in [3.05, 3.63) is 59.3 Å². The van der Waals surface area contributed by atoms with Crippen molar-refractivity contribution < 1.29 is 23.8 Å². The van der Waals surface area contributed by atoms with Crippen LogP contribution in [0.15, 0.2) is 59.3 Å². The van der Waals surface area contributed by atoms with E-state index in [0.29, 0.717) is 38.8 Å². The average Bonchev–Trinajstić information content (AvgIpc) is 2.89. The van der Waals surface area contributed by atoms with Gasteiger partial charge in [0.25, 0.3) is 0 Å². The van der Waals surface area contributed by atoms with Crippen LogP contribution in [0.2, 0.25) is 0 Å². The molecule has 0 N–H and O–H groups in total. The van der Waals surface area contributed by atoms with E-state index in [1.807, 2.05) is 59.8 Å². The van der Waals surface area contributed by atoms with Crippen molar-refractivity contribution >= 4 is 11.9 Å². The van der Waals surface area contributed by atoms with Gasteiger partial charge in [0.05, 0.1) is 24.0 Å². The summed E-state index contributed by atoms with van der Waals surface area (Å²) in [7, 11) is 0. The zero-order chi connectivity index (χ0) is 29.5. The molecule has 1 aliphatic rings. The molecular weight excluding hydrogens is 488 g/mol. The molecule has 0 saturated heterocycles. The molecule has 0 saturated carbocycles. The summed E-state index contributed by atoms with van der Waals surface area (Å²) in [6.45, 7) is 21.9. The minimum atomic E-state index is -0.701. The fraction of sp³-hybridized carbons (Fsp3) is 0.647. The fourth-order valence-electron chi connectivity index (χ4n) is 5.00. The highest BCUT2D eigenvalue weighted by molar-refractivity contribution is 5.81. The Labute approximate surface area is 238 Å². The normalized spacial score (nSPS) is 19.1. The van der Waals surface area contributed by atoms with Crippen LogP contribution in [0.4, 0.5) is 0 Å². The topological polar surface area (TPSA) is 61.8 Å². The van der Waals surface area contributed by atoms with Gasteiger partial charge in [-0.15, -0.1) is 0 Å². The van der Waals surface area contributed by atoms with Crippen LogP contribution in [0.25, 0.3) is 0 Å². The fourth-order valence-corrected chi connectivity index (χ4v) is 5.00. The number of esters is 2. The van der Waals surface area contributed by atoms with Gasteiger partial charge in [0.2, 0.25) is 0 Å². The predicted molar refractivity (Wildman–Crippen MR) is 161 cm³/mol. The van der Waals surface area contributed by atoms with E-state index in [2.05, 4.69) is 32.6 Å². The van der Waals surface area contributed by atoms with Gasteiger partial charge in [-0.25, -0.2) is 0 Å². The first-order chi connectivity index (χ1) is 18.5. The summed E-state index contributed by atoms with van der Waals surface area (Å²) in [6, 6.07) is 0. The molecule has 0 heterocycles. The van der Waals surface area contributed by atoms with Crippen LogP contribution in [-0.2, 0) is 23.8 Å². The van der Waals surface area contributed by atoms with E-state index in [1.54, 1.807) is 0 Å². The predicted octanol–water partition coefficient (Wildman–Crippen LogP) is 8.47. The molecule has 1 rings (SSSR count). The number of unbranched alkanes of at least 4 members (excludes halogenated alkanes) is 2. The lowest BCUT2D eigenvalue weighted by Gasteiger charge is -2.33. The maximum absolute atomic E-state index is 12.9. The van der Waals surface area contributed by atoms with Crippen molar-refractivity contribution in [2.45, 2.75) is 100 Å². The van der Waals surface area contributed by atoms with Crippen LogP contribution in [0, 0.1) is 16.7 Å². The van der Waals surface area contributed by atoms with Gasteiger partial charge in [0.1, 0.15) is 0 Å². The molecule has 0 amide bonds. The molecule has 5 nitrogen and oxygen atoms in total. The van der Waals surface area contributed by atoms with Gasteiger partial charge in [-0.2, -0.15) is 0 Å². The molecule has 0 aliphatic heterocycles. The largest absolute Gasteiger partial charge is 0.465 e. The third-order valence-electron chi connectivity index (χ3n) is 7.94. The van der Waals surface area contributed by atoms with Gasteiger partial charge in [-0.05, 0) is 105 Å². The summed E-state index contributed by atoms with van der Waals surface area (Å²) in [5, 5.41) is 0. The van der Waals surface area contributed by atoms with E-state index in [9.17, 15) is 9.59 Å². The zero-order valence-electron chi connectivity index (χ0n) is 26.0. The van der Waals surface area contributed by atoms with Crippen LogP contribution in [0.3, 0.4) is 0 Å². The Kier molecular flexibility index (Phi) is 15.4. The number of rotatable bonds is 18. The molecular formula is C34H54O5. The van der Waals surface area contributed by atoms with Crippen molar-refractivity contribution in [3.63, 3.8) is 0 Å². The maximum Gasteiger partial charge on any atom is 0.316 e. The van der Waals surface area contributed by atoms with Gasteiger partial charge >= 0.3 is 11.9 Å². The van der Waals surface area contributed by atoms with Crippen LogP contribution >= 0.6 is 0 Å². The Hall–Kier alpha value is -2.40. The summed E-state index contributed by atoms with van der Waals surface area (Å²) < 4.78 is 16.8. The number of allylic oxidation sites excluding steroid dienone is 7. The molecule has 220 valence electrons. The van der Waals surface area contributed by atoms with Gasteiger partial charge in [-0.3, -0.25) is 9.59 Å². The second-order valence-electron chi connectivity index (χ2n) is 11.3. The molecule has 5 heteroatoms. The summed E-state index contributed by atoms with van der Waals surface area (Å²) in [5.41, 5.74) is 3.11. The minimum Gasteiger partial charge on any atom is -0.465 e. The highest BCUT2D eigenvalue weighted by atomic mass is 16.5. The molecule has 0 aromatic carbocycles. The summed E-state index contributed by atoms with van der Waals surface area (Å²) in [4.78, 5) is 25.8. The van der Waals surface area contributed by atoms with Gasteiger partial charge < -0.3 is 14.2 Å². The van der Waals surface area contributed by atoms with Gasteiger partial charge in [-0.1, -0.05) is 60.6 Å². The average molecular weight is 543 g/mol. The molecule has 0 spiro atoms. The van der Waals surface area contributed by atoms with Crippen LogP contribution < -0.4 is 0 Å². The SMILES string of the molecule is C=C(C)/C=C\C(=C/C)C(C)(CCCCOCCCCC(C)(C(=O)OCC)C1=CC=C(C)C(C)C1)C(=O)OCC. The van der Waals surface area contributed by atoms with E-state index >= 15 is 0 Å². The van der Waals surface area contributed by atoms with Crippen molar-refractivity contribution in [3.8, 4) is 0 Å². The molecule has 0 bridgehead atoms. The molecule has 0 fully saturated rings. The first kappa shape index (κ1) is 34.6. The van der Waals surface area contributed by atoms with Gasteiger partial charge in [0.15, 0.2) is 0 Å². The molecule has 0 aromatic heterocycles. The lowest BCUT2D eigenvalue weighted by Crippen LogP contribution is -2.33. The van der Waals surface area contributed by atoms with E-state index in [4.69, 9.17) is 14.2 Å². The molecule has 39 heavy (non-hydrogen) atoms. The number of hydrogen-bond acceptors (Lipinski definition) is 5. The first-order valence-corrected chi connectivity index (χ1v) is 14.8. The number of carbonyl (C=O) groups excluding carboxylic acids is 2. The molecule has 3 atom stereocenters. The monoisotopic (exact) mass is 542 g/mol. The molecule has 3 unspecified atom stereocenters. The number of carbonyl (C=O) groups is 2. The summed E-state index contributed by atoms with van der Waals surface area (Å²) in [5.74, 6) is 0.127. The second kappa shape index (κ2) is 17.3. The lowest BCUT2D eigenvalue weighted by molar-refractivity contribution is -0.153. The van der Waals surface area contributed by atoms with E-state index < -0.39 is 10.8 Å². The Balaban J connectivity index is 2.58. The standard InChI is InChI=1S/C34H54O5/c1-10-29(19-17-26(4)5)33(8,31(35)38-11-2)21-13-15-23-37-24-16-14-22-34(9,32(36)39-12-3)30-20-18-27(6)28(7)25-30/h10,17-20,28H,4,11-16,21-25H2,1-3,5-9H3/b19-17-,29-10+. The Morgan fingerprint density at radius 2 is 1.56 bits per heavy atom. The van der Waals surface area contributed by atoms with Crippen LogP contribution in [0.5, 0.6) is 0 Å². The Bertz CT molecular complexity index is 937. The lowest BCUT2D eigenvalue weighted by atomic mass is 9.72. The van der Waals surface area contributed by atoms with Crippen molar-refractivity contribution in [2.75, 3.05) is 26.4 Å². The first-order valence-electron chi connectivity index (χ1n) is 14.8. The molecule has 1 aliphatic carbocycles. The quantitative estimate of drug-likeness (QED) is 0.0987. The smallest absolute Gasteiger partial charge is 0.316 e. The van der Waals surface area contributed by atoms with E-state index in [1.165, 1.54) is 11.1 Å². The molecule has 0 radical (unpaired) electrons. The number of hydrogen-bond donors (Lipinski definition) is 0. The summed E-state index contributed by atoms with van der Waals surface area (Å²) >= 11 is 0. The second-order valence-corrected chi connectivity index (χ2v) is 11.3. The van der Waals surface area contributed by atoms with Crippen molar-refractivity contribution in [1.29, 1.82) is 0 Å². The highest BCUT2D eigenvalue weighted by Crippen LogP contribution is 2.41. The Morgan fingerprint density at radius 3 is 2.10 bits per heavy atom. The molecule has 0 aromatic rings. The number of ether oxygens (including phenoxy) is 3. The van der Waals surface area contributed by atoms with Gasteiger partial charge in [0, 0.05) is 13.2 Å². The summed E-state index contributed by atoms with van der Waals surface area (Å²) in [6.07, 6.45) is 16.0. The van der Waals surface area contributed by atoms with E-state index in [0.717, 1.165) is 49.7 Å². The van der Waals surface area contributed by atoms with Crippen molar-refractivity contribution in [2.24, 2.45) is 16.7 Å². The highest BCUT2D eigenvalue weighted by Gasteiger charge is 2.39. The third-order valence-corrected chi connectivity index (χ3v) is 7.94. The minimum absolute atomic E-state index is 0.124. The third kappa shape index (κ3) is 10.6. The maximum atomic E-state index is 12.9.